The highest BCUT2D eigenvalue weighted by Crippen LogP contribution is 2.17. The Kier molecular flexibility index (Phi) is 5.08. The second-order valence-corrected chi connectivity index (χ2v) is 6.75. The second kappa shape index (κ2) is 7.81. The quantitative estimate of drug-likeness (QED) is 0.683. The Morgan fingerprint density at radius 3 is 2.81 bits per heavy atom. The van der Waals surface area contributed by atoms with Crippen LogP contribution in [0.2, 0.25) is 0 Å². The van der Waals surface area contributed by atoms with Gasteiger partial charge in [-0.3, -0.25) is 9.88 Å². The summed E-state index contributed by atoms with van der Waals surface area (Å²) in [5.74, 6) is -1.03. The molecule has 0 radical (unpaired) electrons. The molecule has 1 aliphatic heterocycles. The molecule has 8 heteroatoms. The molecular weight excluding hydrogens is 346 g/mol. The van der Waals surface area contributed by atoms with Crippen molar-refractivity contribution < 1.29 is 14.6 Å². The molecule has 4 rings (SSSR count). The van der Waals surface area contributed by atoms with Crippen molar-refractivity contribution in [3.8, 4) is 0 Å². The van der Waals surface area contributed by atoms with Gasteiger partial charge in [0.2, 0.25) is 0 Å². The monoisotopic (exact) mass is 367 g/mol. The molecule has 0 spiro atoms. The van der Waals surface area contributed by atoms with Crippen molar-refractivity contribution in [3.63, 3.8) is 0 Å². The van der Waals surface area contributed by atoms with E-state index in [1.807, 2.05) is 18.3 Å². The van der Waals surface area contributed by atoms with E-state index in [9.17, 15) is 9.90 Å². The minimum absolute atomic E-state index is 0.106. The van der Waals surface area contributed by atoms with E-state index in [0.717, 1.165) is 38.1 Å². The first-order chi connectivity index (χ1) is 13.2. The van der Waals surface area contributed by atoms with Crippen LogP contribution in [0, 0.1) is 0 Å². The summed E-state index contributed by atoms with van der Waals surface area (Å²) in [6.45, 7) is 3.11. The predicted molar refractivity (Wildman–Crippen MR) is 97.3 cm³/mol. The van der Waals surface area contributed by atoms with Crippen molar-refractivity contribution in [2.75, 3.05) is 13.2 Å². The average Bonchev–Trinajstić information content (AvgIpc) is 3.31. The highest BCUT2D eigenvalue weighted by Gasteiger charge is 2.20. The molecule has 8 nitrogen and oxygen atoms in total. The molecule has 0 bridgehead atoms. The number of nitrogens with zero attached hydrogens (tertiary/aromatic N) is 5. The number of hydrogen-bond acceptors (Lipinski definition) is 6. The molecule has 0 amide bonds. The fourth-order valence-corrected chi connectivity index (χ4v) is 3.41. The number of carboxylic acid groups (broad SMARTS) is 1. The minimum Gasteiger partial charge on any atom is -0.477 e. The van der Waals surface area contributed by atoms with Gasteiger partial charge in [0.05, 0.1) is 12.3 Å². The number of rotatable bonds is 7. The predicted octanol–water partition coefficient (Wildman–Crippen LogP) is 2.00. The Hall–Kier alpha value is -2.84. The molecule has 1 aliphatic rings. The Morgan fingerprint density at radius 2 is 2.07 bits per heavy atom. The summed E-state index contributed by atoms with van der Waals surface area (Å²) < 4.78 is 7.33. The molecule has 3 aromatic rings. The molecule has 0 saturated carbocycles. The van der Waals surface area contributed by atoms with Gasteiger partial charge in [0, 0.05) is 56.6 Å². The molecule has 1 unspecified atom stereocenters. The van der Waals surface area contributed by atoms with Gasteiger partial charge in [-0.2, -0.15) is 5.10 Å². The fourth-order valence-electron chi connectivity index (χ4n) is 3.41. The molecule has 1 fully saturated rings. The van der Waals surface area contributed by atoms with Crippen LogP contribution in [0.1, 0.15) is 34.3 Å². The minimum atomic E-state index is -1.03. The maximum atomic E-state index is 11.2. The highest BCUT2D eigenvalue weighted by atomic mass is 16.5. The van der Waals surface area contributed by atoms with Gasteiger partial charge < -0.3 is 9.84 Å². The van der Waals surface area contributed by atoms with Crippen LogP contribution < -0.4 is 0 Å². The number of carboxylic acids is 1. The van der Waals surface area contributed by atoms with E-state index in [-0.39, 0.29) is 11.7 Å². The maximum absolute atomic E-state index is 11.2. The SMILES string of the molecule is O=C(O)c1cnn2cc(CN(Cc3ccncc3)CC3CCCO3)cnc12. The second-order valence-electron chi connectivity index (χ2n) is 6.75. The van der Waals surface area contributed by atoms with E-state index >= 15 is 0 Å². The molecular formula is C19H21N5O3. The van der Waals surface area contributed by atoms with Crippen LogP contribution in [0.5, 0.6) is 0 Å². The third kappa shape index (κ3) is 4.12. The van der Waals surface area contributed by atoms with Crippen LogP contribution in [0.3, 0.4) is 0 Å². The molecule has 140 valence electrons. The van der Waals surface area contributed by atoms with Crippen LogP contribution in [0.4, 0.5) is 0 Å². The molecule has 0 aliphatic carbocycles. The summed E-state index contributed by atoms with van der Waals surface area (Å²) in [7, 11) is 0. The maximum Gasteiger partial charge on any atom is 0.341 e. The number of pyridine rings is 1. The molecule has 0 aromatic carbocycles. The lowest BCUT2D eigenvalue weighted by molar-refractivity contribution is 0.0677. The Morgan fingerprint density at radius 1 is 1.26 bits per heavy atom. The van der Waals surface area contributed by atoms with Gasteiger partial charge in [-0.15, -0.1) is 0 Å². The Balaban J connectivity index is 1.54. The number of ether oxygens (including phenoxy) is 1. The van der Waals surface area contributed by atoms with Crippen LogP contribution in [0.15, 0.2) is 43.1 Å². The van der Waals surface area contributed by atoms with Crippen molar-refractivity contribution in [2.24, 2.45) is 0 Å². The average molecular weight is 367 g/mol. The van der Waals surface area contributed by atoms with Gasteiger partial charge in [0.15, 0.2) is 5.65 Å². The van der Waals surface area contributed by atoms with Crippen LogP contribution >= 0.6 is 0 Å². The van der Waals surface area contributed by atoms with Crippen LogP contribution in [-0.2, 0) is 17.8 Å². The van der Waals surface area contributed by atoms with Crippen molar-refractivity contribution in [1.29, 1.82) is 0 Å². The van der Waals surface area contributed by atoms with E-state index in [4.69, 9.17) is 4.74 Å². The lowest BCUT2D eigenvalue weighted by Crippen LogP contribution is -2.31. The first-order valence-corrected chi connectivity index (χ1v) is 8.97. The third-order valence-corrected chi connectivity index (χ3v) is 4.69. The molecule has 4 heterocycles. The number of aromatic nitrogens is 4. The van der Waals surface area contributed by atoms with E-state index < -0.39 is 5.97 Å². The summed E-state index contributed by atoms with van der Waals surface area (Å²) in [6.07, 6.45) is 10.9. The van der Waals surface area contributed by atoms with Crippen molar-refractivity contribution >= 4 is 11.6 Å². The lowest BCUT2D eigenvalue weighted by atomic mass is 10.2. The topological polar surface area (TPSA) is 92.8 Å². The fraction of sp³-hybridized carbons (Fsp3) is 0.368. The molecule has 27 heavy (non-hydrogen) atoms. The zero-order valence-corrected chi connectivity index (χ0v) is 14.9. The van der Waals surface area contributed by atoms with E-state index in [1.165, 1.54) is 16.3 Å². The Labute approximate surface area is 156 Å². The highest BCUT2D eigenvalue weighted by molar-refractivity contribution is 5.93. The standard InChI is InChI=1S/C19H21N5O3/c25-19(26)17-9-22-24-12-15(8-21-18(17)24)11-23(13-16-2-1-7-27-16)10-14-3-5-20-6-4-14/h3-6,8-9,12,16H,1-2,7,10-11,13H2,(H,25,26). The normalized spacial score (nSPS) is 17.0. The van der Waals surface area contributed by atoms with Crippen LogP contribution in [-0.4, -0.2) is 54.8 Å². The number of hydrogen-bond donors (Lipinski definition) is 1. The zero-order valence-electron chi connectivity index (χ0n) is 14.9. The first kappa shape index (κ1) is 17.6. The Bertz CT molecular complexity index is 921. The zero-order chi connectivity index (χ0) is 18.6. The molecule has 1 saturated heterocycles. The van der Waals surface area contributed by atoms with Gasteiger partial charge in [-0.25, -0.2) is 14.3 Å². The first-order valence-electron chi connectivity index (χ1n) is 8.97. The molecule has 1 N–H and O–H groups in total. The number of aromatic carboxylic acids is 1. The van der Waals surface area contributed by atoms with Gasteiger partial charge in [0.1, 0.15) is 5.56 Å². The van der Waals surface area contributed by atoms with E-state index in [2.05, 4.69) is 20.0 Å². The van der Waals surface area contributed by atoms with E-state index in [0.29, 0.717) is 12.2 Å². The molecule has 1 atom stereocenters. The summed E-state index contributed by atoms with van der Waals surface area (Å²) >= 11 is 0. The summed E-state index contributed by atoms with van der Waals surface area (Å²) in [5, 5.41) is 13.3. The number of carbonyl (C=O) groups is 1. The van der Waals surface area contributed by atoms with Crippen molar-refractivity contribution in [2.45, 2.75) is 32.0 Å². The largest absolute Gasteiger partial charge is 0.477 e. The van der Waals surface area contributed by atoms with Crippen LogP contribution in [0.25, 0.3) is 5.65 Å². The smallest absolute Gasteiger partial charge is 0.341 e. The summed E-state index contributed by atoms with van der Waals surface area (Å²) in [4.78, 5) is 21.9. The molecule has 3 aromatic heterocycles. The van der Waals surface area contributed by atoms with Crippen molar-refractivity contribution in [3.05, 3.63) is 59.8 Å². The summed E-state index contributed by atoms with van der Waals surface area (Å²) in [6, 6.07) is 4.02. The third-order valence-electron chi connectivity index (χ3n) is 4.69. The van der Waals surface area contributed by atoms with Gasteiger partial charge in [-0.05, 0) is 30.5 Å². The summed E-state index contributed by atoms with van der Waals surface area (Å²) in [5.41, 5.74) is 2.61. The van der Waals surface area contributed by atoms with E-state index in [1.54, 1.807) is 18.6 Å². The van der Waals surface area contributed by atoms with Gasteiger partial charge in [0.25, 0.3) is 0 Å². The van der Waals surface area contributed by atoms with Gasteiger partial charge >= 0.3 is 5.97 Å². The number of fused-ring (bicyclic) bond motifs is 1. The van der Waals surface area contributed by atoms with Gasteiger partial charge in [-0.1, -0.05) is 0 Å². The lowest BCUT2D eigenvalue weighted by Gasteiger charge is -2.25. The van der Waals surface area contributed by atoms with Crippen molar-refractivity contribution in [1.82, 2.24) is 24.5 Å².